The van der Waals surface area contributed by atoms with Gasteiger partial charge in [0.25, 0.3) is 6.47 Å². The SMILES string of the molecule is C[N+]1(CCc2cnccn2)CCCC1C(OC=O)C1(O)c2ccccc2-c2ccccc21. The molecule has 164 valence electrons. The highest BCUT2D eigenvalue weighted by Gasteiger charge is 2.57. The van der Waals surface area contributed by atoms with Gasteiger partial charge in [-0.2, -0.15) is 0 Å². The fourth-order valence-corrected chi connectivity index (χ4v) is 5.80. The van der Waals surface area contributed by atoms with Crippen LogP contribution in [0.25, 0.3) is 11.1 Å². The number of benzene rings is 2. The van der Waals surface area contributed by atoms with Crippen LogP contribution >= 0.6 is 0 Å². The number of rotatable bonds is 7. The van der Waals surface area contributed by atoms with Crippen LogP contribution in [0.5, 0.6) is 0 Å². The molecule has 2 heterocycles. The number of quaternary nitrogens is 1. The maximum absolute atomic E-state index is 12.3. The minimum Gasteiger partial charge on any atom is -0.454 e. The van der Waals surface area contributed by atoms with Crippen LogP contribution in [0.4, 0.5) is 0 Å². The summed E-state index contributed by atoms with van der Waals surface area (Å²) in [6, 6.07) is 15.8. The lowest BCUT2D eigenvalue weighted by atomic mass is 9.81. The van der Waals surface area contributed by atoms with Gasteiger partial charge in [-0.3, -0.25) is 14.8 Å². The van der Waals surface area contributed by atoms with Crippen LogP contribution in [0, 0.1) is 0 Å². The molecule has 1 aromatic heterocycles. The molecular weight excluding hydrogens is 402 g/mol. The zero-order valence-corrected chi connectivity index (χ0v) is 18.2. The van der Waals surface area contributed by atoms with Crippen molar-refractivity contribution in [2.24, 2.45) is 0 Å². The number of hydrogen-bond acceptors (Lipinski definition) is 5. The first-order chi connectivity index (χ1) is 15.6. The van der Waals surface area contributed by atoms with Crippen molar-refractivity contribution in [3.63, 3.8) is 0 Å². The van der Waals surface area contributed by atoms with Crippen LogP contribution in [0.15, 0.2) is 67.1 Å². The van der Waals surface area contributed by atoms with Crippen LogP contribution in [-0.2, 0) is 21.6 Å². The maximum atomic E-state index is 12.3. The highest BCUT2D eigenvalue weighted by Crippen LogP contribution is 2.52. The molecule has 0 saturated carbocycles. The average Bonchev–Trinajstić information content (AvgIpc) is 3.34. The zero-order valence-electron chi connectivity index (χ0n) is 18.2. The van der Waals surface area contributed by atoms with E-state index in [2.05, 4.69) is 17.0 Å². The van der Waals surface area contributed by atoms with Crippen molar-refractivity contribution in [1.82, 2.24) is 9.97 Å². The van der Waals surface area contributed by atoms with Crippen LogP contribution < -0.4 is 0 Å². The summed E-state index contributed by atoms with van der Waals surface area (Å²) in [4.78, 5) is 20.3. The van der Waals surface area contributed by atoms with Crippen molar-refractivity contribution in [3.05, 3.63) is 83.9 Å². The van der Waals surface area contributed by atoms with E-state index in [9.17, 15) is 9.90 Å². The molecule has 1 saturated heterocycles. The molecule has 0 spiro atoms. The predicted octanol–water partition coefficient (Wildman–Crippen LogP) is 3.09. The Hall–Kier alpha value is -3.09. The Labute approximate surface area is 188 Å². The molecule has 1 aliphatic heterocycles. The van der Waals surface area contributed by atoms with Crippen molar-refractivity contribution in [3.8, 4) is 11.1 Å². The van der Waals surface area contributed by atoms with Gasteiger partial charge in [-0.15, -0.1) is 0 Å². The Morgan fingerprint density at radius 3 is 2.47 bits per heavy atom. The number of aromatic nitrogens is 2. The van der Waals surface area contributed by atoms with E-state index >= 15 is 0 Å². The molecule has 6 heteroatoms. The maximum Gasteiger partial charge on any atom is 0.293 e. The van der Waals surface area contributed by atoms with Crippen LogP contribution in [0.3, 0.4) is 0 Å². The van der Waals surface area contributed by atoms with Crippen LogP contribution in [0.1, 0.15) is 29.7 Å². The van der Waals surface area contributed by atoms with Crippen molar-refractivity contribution in [2.45, 2.75) is 37.0 Å². The standard InChI is InChI=1S/C26H28N3O3/c1-29(16-12-19-17-27-13-14-28-19)15-6-11-24(29)25(32-18-30)26(31)22-9-4-2-7-20(22)21-8-3-5-10-23(21)26/h2-5,7-10,13-14,17-18,24-25,31H,6,11-12,15-16H2,1H3/q+1. The molecule has 0 amide bonds. The fourth-order valence-electron chi connectivity index (χ4n) is 5.80. The van der Waals surface area contributed by atoms with E-state index in [1.165, 1.54) is 0 Å². The van der Waals surface area contributed by atoms with E-state index in [1.54, 1.807) is 18.6 Å². The van der Waals surface area contributed by atoms with E-state index in [1.807, 2.05) is 48.5 Å². The molecule has 6 nitrogen and oxygen atoms in total. The molecule has 3 unspecified atom stereocenters. The summed E-state index contributed by atoms with van der Waals surface area (Å²) in [6.07, 6.45) is 7.16. The third kappa shape index (κ3) is 3.22. The summed E-state index contributed by atoms with van der Waals surface area (Å²) in [5, 5.41) is 12.3. The lowest BCUT2D eigenvalue weighted by Gasteiger charge is -2.44. The van der Waals surface area contributed by atoms with Crippen molar-refractivity contribution >= 4 is 6.47 Å². The van der Waals surface area contributed by atoms with Crippen LogP contribution in [-0.4, -0.2) is 58.3 Å². The average molecular weight is 431 g/mol. The first-order valence-electron chi connectivity index (χ1n) is 11.2. The molecule has 5 rings (SSSR count). The lowest BCUT2D eigenvalue weighted by molar-refractivity contribution is -0.925. The molecule has 2 aromatic carbocycles. The van der Waals surface area contributed by atoms with Gasteiger partial charge in [-0.25, -0.2) is 0 Å². The van der Waals surface area contributed by atoms with Gasteiger partial charge in [0.1, 0.15) is 6.04 Å². The number of carbonyl (C=O) groups excluding carboxylic acids is 1. The fraction of sp³-hybridized carbons (Fsp3) is 0.346. The molecule has 32 heavy (non-hydrogen) atoms. The molecule has 3 atom stereocenters. The smallest absolute Gasteiger partial charge is 0.293 e. The second-order valence-corrected chi connectivity index (χ2v) is 9.09. The van der Waals surface area contributed by atoms with E-state index in [-0.39, 0.29) is 6.04 Å². The van der Waals surface area contributed by atoms with E-state index in [0.29, 0.717) is 11.0 Å². The zero-order chi connectivity index (χ0) is 22.2. The Bertz CT molecular complexity index is 1070. The third-order valence-corrected chi connectivity index (χ3v) is 7.39. The summed E-state index contributed by atoms with van der Waals surface area (Å²) in [5.41, 5.74) is 3.16. The molecule has 0 radical (unpaired) electrons. The van der Waals surface area contributed by atoms with Gasteiger partial charge >= 0.3 is 0 Å². The predicted molar refractivity (Wildman–Crippen MR) is 120 cm³/mol. The number of ether oxygens (including phenoxy) is 1. The number of nitrogens with zero attached hydrogens (tertiary/aromatic N) is 3. The Kier molecular flexibility index (Phi) is 5.27. The first kappa shape index (κ1) is 20.8. The number of likely N-dealkylation sites (N-methyl/N-ethyl adjacent to an activating group) is 1. The molecule has 1 aliphatic carbocycles. The number of hydrogen-bond donors (Lipinski definition) is 1. The number of aliphatic hydroxyl groups is 1. The lowest BCUT2D eigenvalue weighted by Crippen LogP contribution is -2.60. The summed E-state index contributed by atoms with van der Waals surface area (Å²) in [6.45, 7) is 2.29. The quantitative estimate of drug-likeness (QED) is 0.461. The minimum absolute atomic E-state index is 0.0407. The van der Waals surface area contributed by atoms with E-state index in [4.69, 9.17) is 4.74 Å². The van der Waals surface area contributed by atoms with Crippen molar-refractivity contribution in [2.75, 3.05) is 20.1 Å². The van der Waals surface area contributed by atoms with Gasteiger partial charge in [-0.1, -0.05) is 48.5 Å². The van der Waals surface area contributed by atoms with Gasteiger partial charge < -0.3 is 14.3 Å². The number of fused-ring (bicyclic) bond motifs is 3. The topological polar surface area (TPSA) is 72.3 Å². The van der Waals surface area contributed by atoms with Crippen molar-refractivity contribution < 1.29 is 19.1 Å². The largest absolute Gasteiger partial charge is 0.454 e. The van der Waals surface area contributed by atoms with Crippen molar-refractivity contribution in [1.29, 1.82) is 0 Å². The second kappa shape index (κ2) is 8.11. The molecule has 1 fully saturated rings. The third-order valence-electron chi connectivity index (χ3n) is 7.39. The van der Waals surface area contributed by atoms with Crippen LogP contribution in [0.2, 0.25) is 0 Å². The number of carbonyl (C=O) groups is 1. The Morgan fingerprint density at radius 2 is 1.84 bits per heavy atom. The number of likely N-dealkylation sites (tertiary alicyclic amines) is 1. The van der Waals surface area contributed by atoms with Gasteiger partial charge in [0.05, 0.1) is 25.8 Å². The van der Waals surface area contributed by atoms with Gasteiger partial charge in [0.15, 0.2) is 11.7 Å². The van der Waals surface area contributed by atoms with Gasteiger partial charge in [0, 0.05) is 37.9 Å². The summed E-state index contributed by atoms with van der Waals surface area (Å²) in [5.74, 6) is 0. The summed E-state index contributed by atoms with van der Waals surface area (Å²) in [7, 11) is 2.20. The molecule has 3 aromatic rings. The highest BCUT2D eigenvalue weighted by atomic mass is 16.5. The van der Waals surface area contributed by atoms with Gasteiger partial charge in [-0.05, 0) is 22.3 Å². The molecule has 1 N–H and O–H groups in total. The van der Waals surface area contributed by atoms with Gasteiger partial charge in [0.2, 0.25) is 0 Å². The summed E-state index contributed by atoms with van der Waals surface area (Å²) < 4.78 is 6.51. The molecule has 0 bridgehead atoms. The Morgan fingerprint density at radius 1 is 1.16 bits per heavy atom. The monoisotopic (exact) mass is 430 g/mol. The Balaban J connectivity index is 1.55. The normalized spacial score (nSPS) is 23.9. The van der Waals surface area contributed by atoms with E-state index < -0.39 is 11.7 Å². The molecular formula is C26H28N3O3+. The first-order valence-corrected chi connectivity index (χ1v) is 11.2. The summed E-state index contributed by atoms with van der Waals surface area (Å²) >= 11 is 0. The van der Waals surface area contributed by atoms with E-state index in [0.717, 1.165) is 60.3 Å². The molecule has 2 aliphatic rings. The minimum atomic E-state index is -1.39. The highest BCUT2D eigenvalue weighted by molar-refractivity contribution is 5.80. The second-order valence-electron chi connectivity index (χ2n) is 9.09.